The van der Waals surface area contributed by atoms with Crippen LogP contribution in [-0.4, -0.2) is 36.7 Å². The third kappa shape index (κ3) is 3.01. The van der Waals surface area contributed by atoms with Crippen LogP contribution < -0.4 is 5.32 Å². The fraction of sp³-hybridized carbons (Fsp3) is 0.368. The van der Waals surface area contributed by atoms with E-state index in [4.69, 9.17) is 0 Å². The van der Waals surface area contributed by atoms with Crippen LogP contribution in [0.5, 0.6) is 0 Å². The highest BCUT2D eigenvalue weighted by Crippen LogP contribution is 2.59. The maximum absolute atomic E-state index is 12.9. The van der Waals surface area contributed by atoms with Gasteiger partial charge in [0.1, 0.15) is 0 Å². The molecule has 1 saturated heterocycles. The summed E-state index contributed by atoms with van der Waals surface area (Å²) in [6.45, 7) is 2.76. The minimum absolute atomic E-state index is 0.0483. The molecule has 6 nitrogen and oxygen atoms in total. The van der Waals surface area contributed by atoms with Gasteiger partial charge >= 0.3 is 0 Å². The molecule has 2 aliphatic rings. The zero-order valence-electron chi connectivity index (χ0n) is 14.6. The predicted octanol–water partition coefficient (Wildman–Crippen LogP) is 2.43. The van der Waals surface area contributed by atoms with E-state index in [1.54, 1.807) is 42.7 Å². The van der Waals surface area contributed by atoms with Crippen LogP contribution in [0.3, 0.4) is 0 Å². The molecular weight excluding hydrogens is 350 g/mol. The molecule has 0 bridgehead atoms. The van der Waals surface area contributed by atoms with E-state index >= 15 is 0 Å². The molecule has 1 aromatic heterocycles. The SMILES string of the molecule is Cc1cccc(S(=O)(=O)N2CC[C@]3(C[C@H]3C(=O)Nc3cccnc3)C2)c1. The molecule has 2 fully saturated rings. The van der Waals surface area contributed by atoms with E-state index in [1.807, 2.05) is 13.0 Å². The van der Waals surface area contributed by atoms with E-state index in [0.717, 1.165) is 18.4 Å². The zero-order valence-corrected chi connectivity index (χ0v) is 15.4. The van der Waals surface area contributed by atoms with Crippen LogP contribution >= 0.6 is 0 Å². The van der Waals surface area contributed by atoms with E-state index in [2.05, 4.69) is 10.3 Å². The lowest BCUT2D eigenvalue weighted by molar-refractivity contribution is -0.118. The molecular formula is C19H21N3O3S. The lowest BCUT2D eigenvalue weighted by Gasteiger charge is -2.17. The molecule has 2 atom stereocenters. The number of rotatable bonds is 4. The first-order chi connectivity index (χ1) is 12.4. The highest BCUT2D eigenvalue weighted by atomic mass is 32.2. The Bertz CT molecular complexity index is 946. The van der Waals surface area contributed by atoms with Crippen molar-refractivity contribution in [2.24, 2.45) is 11.3 Å². The van der Waals surface area contributed by atoms with Crippen LogP contribution in [0.25, 0.3) is 0 Å². The number of pyridine rings is 1. The van der Waals surface area contributed by atoms with Crippen LogP contribution in [0.15, 0.2) is 53.7 Å². The van der Waals surface area contributed by atoms with E-state index in [1.165, 1.54) is 4.31 Å². The summed E-state index contributed by atoms with van der Waals surface area (Å²) in [7, 11) is -3.51. The second-order valence-corrected chi connectivity index (χ2v) is 9.19. The van der Waals surface area contributed by atoms with Gasteiger partial charge in [-0.25, -0.2) is 8.42 Å². The van der Waals surface area contributed by atoms with Crippen LogP contribution in [0.1, 0.15) is 18.4 Å². The fourth-order valence-electron chi connectivity index (χ4n) is 3.82. The normalized spacial score (nSPS) is 25.3. The van der Waals surface area contributed by atoms with Crippen LogP contribution in [0.4, 0.5) is 5.69 Å². The summed E-state index contributed by atoms with van der Waals surface area (Å²) in [5.74, 6) is -0.187. The van der Waals surface area contributed by atoms with Gasteiger partial charge in [0, 0.05) is 25.2 Å². The Morgan fingerprint density at radius 3 is 2.88 bits per heavy atom. The minimum atomic E-state index is -3.51. The monoisotopic (exact) mass is 371 g/mol. The van der Waals surface area contributed by atoms with Crippen molar-refractivity contribution in [3.05, 3.63) is 54.4 Å². The fourth-order valence-corrected chi connectivity index (χ4v) is 5.46. The topological polar surface area (TPSA) is 79.4 Å². The lowest BCUT2D eigenvalue weighted by Crippen LogP contribution is -2.30. The molecule has 26 heavy (non-hydrogen) atoms. The van der Waals surface area contributed by atoms with Crippen molar-refractivity contribution >= 4 is 21.6 Å². The molecule has 1 saturated carbocycles. The zero-order chi connectivity index (χ0) is 18.4. The second-order valence-electron chi connectivity index (χ2n) is 7.26. The molecule has 1 amide bonds. The second kappa shape index (κ2) is 6.17. The largest absolute Gasteiger partial charge is 0.324 e. The van der Waals surface area contributed by atoms with Gasteiger partial charge in [-0.3, -0.25) is 9.78 Å². The first-order valence-electron chi connectivity index (χ1n) is 8.68. The molecule has 1 N–H and O–H groups in total. The first kappa shape index (κ1) is 17.2. The molecule has 136 valence electrons. The number of hydrogen-bond acceptors (Lipinski definition) is 4. The molecule has 0 unspecified atom stereocenters. The Morgan fingerprint density at radius 1 is 1.31 bits per heavy atom. The smallest absolute Gasteiger partial charge is 0.243 e. The number of sulfonamides is 1. The van der Waals surface area contributed by atoms with Gasteiger partial charge in [0.15, 0.2) is 0 Å². The third-order valence-corrected chi connectivity index (χ3v) is 7.25. The van der Waals surface area contributed by atoms with Gasteiger partial charge < -0.3 is 5.32 Å². The number of nitrogens with zero attached hydrogens (tertiary/aromatic N) is 2. The average molecular weight is 371 g/mol. The van der Waals surface area contributed by atoms with E-state index in [-0.39, 0.29) is 17.2 Å². The van der Waals surface area contributed by atoms with Crippen molar-refractivity contribution in [3.63, 3.8) is 0 Å². The molecule has 0 radical (unpaired) electrons. The first-order valence-corrected chi connectivity index (χ1v) is 10.1. The summed E-state index contributed by atoms with van der Waals surface area (Å²) in [6.07, 6.45) is 4.72. The molecule has 2 aromatic rings. The van der Waals surface area contributed by atoms with Gasteiger partial charge in [-0.05, 0) is 55.0 Å². The van der Waals surface area contributed by atoms with Crippen molar-refractivity contribution in [3.8, 4) is 0 Å². The van der Waals surface area contributed by atoms with Crippen molar-refractivity contribution in [2.75, 3.05) is 18.4 Å². The van der Waals surface area contributed by atoms with Gasteiger partial charge in [-0.2, -0.15) is 4.31 Å². The van der Waals surface area contributed by atoms with Crippen LogP contribution in [-0.2, 0) is 14.8 Å². The Kier molecular flexibility index (Phi) is 4.08. The number of nitrogens with one attached hydrogen (secondary N) is 1. The average Bonchev–Trinajstić information content (AvgIpc) is 3.15. The standard InChI is InChI=1S/C19H21N3O3S/c1-14-4-2-6-16(10-14)26(24,25)22-9-7-19(13-22)11-17(19)18(23)21-15-5-3-8-20-12-15/h2-6,8,10,12,17H,7,9,11,13H2,1H3,(H,21,23)/t17-,19-/m0/s1. The van der Waals surface area contributed by atoms with E-state index in [0.29, 0.717) is 23.7 Å². The van der Waals surface area contributed by atoms with E-state index in [9.17, 15) is 13.2 Å². The van der Waals surface area contributed by atoms with Crippen LogP contribution in [0.2, 0.25) is 0 Å². The summed E-state index contributed by atoms with van der Waals surface area (Å²) >= 11 is 0. The number of aromatic nitrogens is 1. The Labute approximate surface area is 153 Å². The maximum atomic E-state index is 12.9. The summed E-state index contributed by atoms with van der Waals surface area (Å²) in [4.78, 5) is 16.8. The number of aryl methyl sites for hydroxylation is 1. The van der Waals surface area contributed by atoms with Crippen LogP contribution in [0, 0.1) is 18.3 Å². The van der Waals surface area contributed by atoms with Crippen molar-refractivity contribution in [1.82, 2.24) is 9.29 Å². The molecule has 1 aliphatic carbocycles. The quantitative estimate of drug-likeness (QED) is 0.895. The van der Waals surface area contributed by atoms with Gasteiger partial charge in [-0.1, -0.05) is 12.1 Å². The van der Waals surface area contributed by atoms with E-state index < -0.39 is 10.0 Å². The molecule has 4 rings (SSSR count). The molecule has 7 heteroatoms. The Balaban J connectivity index is 1.45. The molecule has 2 heterocycles. The van der Waals surface area contributed by atoms with Gasteiger partial charge in [0.05, 0.1) is 16.8 Å². The highest BCUT2D eigenvalue weighted by Gasteiger charge is 2.62. The Morgan fingerprint density at radius 2 is 2.15 bits per heavy atom. The van der Waals surface area contributed by atoms with Gasteiger partial charge in [0.2, 0.25) is 15.9 Å². The number of hydrogen-bond donors (Lipinski definition) is 1. The number of carbonyl (C=O) groups is 1. The summed E-state index contributed by atoms with van der Waals surface area (Å²) in [6, 6.07) is 10.5. The Hall–Kier alpha value is -2.25. The number of anilines is 1. The minimum Gasteiger partial charge on any atom is -0.324 e. The van der Waals surface area contributed by atoms with Crippen molar-refractivity contribution in [2.45, 2.75) is 24.7 Å². The predicted molar refractivity (Wildman–Crippen MR) is 98.0 cm³/mol. The third-order valence-electron chi connectivity index (χ3n) is 5.41. The van der Waals surface area contributed by atoms with Crippen molar-refractivity contribution in [1.29, 1.82) is 0 Å². The lowest BCUT2D eigenvalue weighted by atomic mass is 10.0. The number of benzene rings is 1. The molecule has 1 aliphatic heterocycles. The highest BCUT2D eigenvalue weighted by molar-refractivity contribution is 7.89. The summed E-state index contributed by atoms with van der Waals surface area (Å²) in [5.41, 5.74) is 1.37. The molecule has 1 spiro atoms. The summed E-state index contributed by atoms with van der Waals surface area (Å²) in [5, 5.41) is 2.88. The van der Waals surface area contributed by atoms with Gasteiger partial charge in [0.25, 0.3) is 0 Å². The number of carbonyl (C=O) groups excluding carboxylic acids is 1. The maximum Gasteiger partial charge on any atom is 0.243 e. The number of amides is 1. The molecule has 1 aromatic carbocycles. The summed E-state index contributed by atoms with van der Waals surface area (Å²) < 4.78 is 27.3. The van der Waals surface area contributed by atoms with Crippen molar-refractivity contribution < 1.29 is 13.2 Å². The van der Waals surface area contributed by atoms with Gasteiger partial charge in [-0.15, -0.1) is 0 Å².